The van der Waals surface area contributed by atoms with Crippen molar-refractivity contribution in [3.8, 4) is 11.8 Å². The molecule has 4 aromatic carbocycles. The Morgan fingerprint density at radius 1 is 0.949 bits per heavy atom. The van der Waals surface area contributed by atoms with Crippen molar-refractivity contribution in [1.82, 2.24) is 4.90 Å². The van der Waals surface area contributed by atoms with Gasteiger partial charge in [-0.3, -0.25) is 4.79 Å². The number of nitrogens with two attached hydrogens (primary N) is 1. The van der Waals surface area contributed by atoms with Gasteiger partial charge in [-0.15, -0.1) is 0 Å². The molecule has 1 heterocycles. The normalized spacial score (nSPS) is 15.8. The number of nitrogens with zero attached hydrogens (tertiary/aromatic N) is 3. The SMILES string of the molecule is COc1ccccc1C(c1cccc2ccccc12)C(C)(C#N)C(=O)N1CCN(c2cccc(CN)c2)CC1. The van der Waals surface area contributed by atoms with Crippen LogP contribution in [0.5, 0.6) is 5.75 Å². The van der Waals surface area contributed by atoms with Gasteiger partial charge in [-0.1, -0.05) is 72.8 Å². The van der Waals surface area contributed by atoms with Gasteiger partial charge in [0.1, 0.15) is 11.2 Å². The summed E-state index contributed by atoms with van der Waals surface area (Å²) in [5.74, 6) is -0.0324. The van der Waals surface area contributed by atoms with E-state index in [4.69, 9.17) is 10.5 Å². The van der Waals surface area contributed by atoms with E-state index in [1.807, 2.05) is 65.6 Å². The molecule has 0 aliphatic carbocycles. The lowest BCUT2D eigenvalue weighted by atomic mass is 9.68. The maximum absolute atomic E-state index is 14.3. The molecule has 39 heavy (non-hydrogen) atoms. The number of hydrogen-bond acceptors (Lipinski definition) is 5. The van der Waals surface area contributed by atoms with Gasteiger partial charge in [-0.25, -0.2) is 0 Å². The number of ether oxygens (including phenoxy) is 1. The maximum atomic E-state index is 14.3. The number of methoxy groups -OCH3 is 1. The van der Waals surface area contributed by atoms with E-state index in [0.29, 0.717) is 38.5 Å². The van der Waals surface area contributed by atoms with Crippen LogP contribution in [-0.4, -0.2) is 44.1 Å². The van der Waals surface area contributed by atoms with Crippen molar-refractivity contribution in [2.24, 2.45) is 11.1 Å². The largest absolute Gasteiger partial charge is 0.496 e. The number of amides is 1. The Bertz CT molecular complexity index is 1510. The zero-order valence-electron chi connectivity index (χ0n) is 22.5. The fourth-order valence-electron chi connectivity index (χ4n) is 5.81. The number of carbonyl (C=O) groups is 1. The highest BCUT2D eigenvalue weighted by Crippen LogP contribution is 2.47. The van der Waals surface area contributed by atoms with E-state index in [1.54, 1.807) is 14.0 Å². The van der Waals surface area contributed by atoms with Crippen LogP contribution in [0.4, 0.5) is 5.69 Å². The summed E-state index contributed by atoms with van der Waals surface area (Å²) in [7, 11) is 1.63. The van der Waals surface area contributed by atoms with E-state index in [2.05, 4.69) is 41.3 Å². The molecular weight excluding hydrogens is 484 g/mol. The lowest BCUT2D eigenvalue weighted by molar-refractivity contribution is -0.139. The van der Waals surface area contributed by atoms with Crippen LogP contribution in [0.3, 0.4) is 0 Å². The van der Waals surface area contributed by atoms with Gasteiger partial charge >= 0.3 is 0 Å². The molecule has 2 N–H and O–H groups in total. The minimum absolute atomic E-state index is 0.163. The van der Waals surface area contributed by atoms with Gasteiger partial charge in [0.2, 0.25) is 5.91 Å². The van der Waals surface area contributed by atoms with Crippen LogP contribution in [0.2, 0.25) is 0 Å². The number of piperazine rings is 1. The van der Waals surface area contributed by atoms with Gasteiger partial charge in [-0.2, -0.15) is 5.26 Å². The van der Waals surface area contributed by atoms with Crippen molar-refractivity contribution in [1.29, 1.82) is 5.26 Å². The van der Waals surface area contributed by atoms with Crippen LogP contribution < -0.4 is 15.4 Å². The van der Waals surface area contributed by atoms with Crippen molar-refractivity contribution in [3.05, 3.63) is 108 Å². The van der Waals surface area contributed by atoms with E-state index in [-0.39, 0.29) is 5.91 Å². The summed E-state index contributed by atoms with van der Waals surface area (Å²) in [5.41, 5.74) is 8.43. The van der Waals surface area contributed by atoms with E-state index >= 15 is 0 Å². The summed E-state index contributed by atoms with van der Waals surface area (Å²) in [6, 6.07) is 32.6. The lowest BCUT2D eigenvalue weighted by Crippen LogP contribution is -2.53. The minimum atomic E-state index is -1.36. The number of hydrogen-bond donors (Lipinski definition) is 1. The first-order valence-electron chi connectivity index (χ1n) is 13.4. The van der Waals surface area contributed by atoms with Crippen LogP contribution in [0, 0.1) is 16.7 Å². The summed E-state index contributed by atoms with van der Waals surface area (Å²) < 4.78 is 5.76. The molecule has 1 amide bonds. The Hall–Kier alpha value is -4.34. The quantitative estimate of drug-likeness (QED) is 0.358. The third-order valence-electron chi connectivity index (χ3n) is 7.92. The predicted octanol–water partition coefficient (Wildman–Crippen LogP) is 5.32. The second-order valence-electron chi connectivity index (χ2n) is 10.2. The molecule has 0 radical (unpaired) electrons. The third kappa shape index (κ3) is 4.94. The Kier molecular flexibility index (Phi) is 7.53. The van der Waals surface area contributed by atoms with Gasteiger partial charge in [0.25, 0.3) is 0 Å². The second-order valence-corrected chi connectivity index (χ2v) is 10.2. The van der Waals surface area contributed by atoms with Gasteiger partial charge in [0, 0.05) is 49.9 Å². The monoisotopic (exact) mass is 518 g/mol. The molecule has 6 heteroatoms. The smallest absolute Gasteiger partial charge is 0.243 e. The number of carbonyl (C=O) groups excluding carboxylic acids is 1. The number of fused-ring (bicyclic) bond motifs is 1. The molecule has 2 atom stereocenters. The molecule has 0 saturated carbocycles. The van der Waals surface area contributed by atoms with E-state index in [9.17, 15) is 10.1 Å². The molecule has 2 unspecified atom stereocenters. The van der Waals surface area contributed by atoms with Crippen LogP contribution in [0.1, 0.15) is 29.5 Å². The number of para-hydroxylation sites is 1. The number of anilines is 1. The molecule has 6 nitrogen and oxygen atoms in total. The molecule has 1 aliphatic heterocycles. The molecule has 198 valence electrons. The number of benzene rings is 4. The molecule has 1 aliphatic rings. The van der Waals surface area contributed by atoms with Crippen molar-refractivity contribution in [2.75, 3.05) is 38.2 Å². The van der Waals surface area contributed by atoms with Gasteiger partial charge in [0.05, 0.1) is 13.2 Å². The fraction of sp³-hybridized carbons (Fsp3) is 0.273. The van der Waals surface area contributed by atoms with Crippen LogP contribution >= 0.6 is 0 Å². The van der Waals surface area contributed by atoms with Crippen molar-refractivity contribution in [3.63, 3.8) is 0 Å². The summed E-state index contributed by atoms with van der Waals surface area (Å²) in [6.45, 7) is 4.73. The van der Waals surface area contributed by atoms with Crippen LogP contribution in [0.15, 0.2) is 91.0 Å². The first kappa shape index (κ1) is 26.3. The third-order valence-corrected chi connectivity index (χ3v) is 7.92. The Labute approximate surface area is 230 Å². The standard InChI is InChI=1S/C33H34N4O2/c1-33(23-35,32(38)37-19-17-36(18-20-37)26-12-7-9-24(21-26)22-34)31(29-14-5-6-16-30(29)39-2)28-15-8-11-25-10-3-4-13-27(25)28/h3-16,21,31H,17-20,22,34H2,1-2H3. The van der Waals surface area contributed by atoms with Crippen LogP contribution in [-0.2, 0) is 11.3 Å². The zero-order chi connectivity index (χ0) is 27.4. The summed E-state index contributed by atoms with van der Waals surface area (Å²) >= 11 is 0. The Morgan fingerprint density at radius 3 is 2.36 bits per heavy atom. The molecule has 0 bridgehead atoms. The van der Waals surface area contributed by atoms with E-state index in [0.717, 1.165) is 33.2 Å². The zero-order valence-corrected chi connectivity index (χ0v) is 22.5. The maximum Gasteiger partial charge on any atom is 0.243 e. The average molecular weight is 519 g/mol. The predicted molar refractivity (Wildman–Crippen MR) is 156 cm³/mol. The summed E-state index contributed by atoms with van der Waals surface area (Å²) in [4.78, 5) is 18.5. The lowest BCUT2D eigenvalue weighted by Gasteiger charge is -2.41. The van der Waals surface area contributed by atoms with Crippen molar-refractivity contribution < 1.29 is 9.53 Å². The molecule has 1 fully saturated rings. The van der Waals surface area contributed by atoms with Crippen molar-refractivity contribution in [2.45, 2.75) is 19.4 Å². The summed E-state index contributed by atoms with van der Waals surface area (Å²) in [6.07, 6.45) is 0. The second kappa shape index (κ2) is 11.2. The van der Waals surface area contributed by atoms with Gasteiger partial charge in [-0.05, 0) is 47.0 Å². The molecular formula is C33H34N4O2. The fourth-order valence-corrected chi connectivity index (χ4v) is 5.81. The first-order chi connectivity index (χ1) is 19.0. The van der Waals surface area contributed by atoms with Gasteiger partial charge in [0.15, 0.2) is 0 Å². The number of rotatable bonds is 7. The minimum Gasteiger partial charge on any atom is -0.496 e. The number of nitriles is 1. The van der Waals surface area contributed by atoms with Gasteiger partial charge < -0.3 is 20.3 Å². The van der Waals surface area contributed by atoms with E-state index < -0.39 is 11.3 Å². The summed E-state index contributed by atoms with van der Waals surface area (Å²) in [5, 5.41) is 12.8. The highest BCUT2D eigenvalue weighted by atomic mass is 16.5. The molecule has 1 saturated heterocycles. The Morgan fingerprint density at radius 2 is 1.62 bits per heavy atom. The molecule has 4 aromatic rings. The molecule has 5 rings (SSSR count). The average Bonchev–Trinajstić information content (AvgIpc) is 3.01. The van der Waals surface area contributed by atoms with Crippen LogP contribution in [0.25, 0.3) is 10.8 Å². The Balaban J connectivity index is 1.52. The van der Waals surface area contributed by atoms with Crippen molar-refractivity contribution >= 4 is 22.4 Å². The molecule has 0 aromatic heterocycles. The highest BCUT2D eigenvalue weighted by Gasteiger charge is 2.47. The molecule has 0 spiro atoms. The first-order valence-corrected chi connectivity index (χ1v) is 13.4. The highest BCUT2D eigenvalue weighted by molar-refractivity contribution is 5.91. The van der Waals surface area contributed by atoms with E-state index in [1.165, 1.54) is 0 Å². The topological polar surface area (TPSA) is 82.6 Å².